The Hall–Kier alpha value is -6.42. The molecule has 2 aromatic heterocycles. The molecular formula is C48H32N2S. The predicted molar refractivity (Wildman–Crippen MR) is 219 cm³/mol. The second kappa shape index (κ2) is 12.2. The molecule has 51 heavy (non-hydrogen) atoms. The summed E-state index contributed by atoms with van der Waals surface area (Å²) in [5.74, 6) is 0. The summed E-state index contributed by atoms with van der Waals surface area (Å²) < 4.78 is 4.99. The van der Waals surface area contributed by atoms with Gasteiger partial charge in [-0.15, -0.1) is 11.3 Å². The molecule has 0 spiro atoms. The normalized spacial score (nSPS) is 11.5. The Balaban J connectivity index is 1.07. The summed E-state index contributed by atoms with van der Waals surface area (Å²) in [6.45, 7) is 0. The van der Waals surface area contributed by atoms with Crippen LogP contribution in [-0.4, -0.2) is 4.57 Å². The molecule has 0 atom stereocenters. The van der Waals surface area contributed by atoms with Gasteiger partial charge in [-0.25, -0.2) is 0 Å². The Kier molecular flexibility index (Phi) is 7.04. The molecule has 10 aromatic rings. The van der Waals surface area contributed by atoms with Crippen LogP contribution in [0, 0.1) is 0 Å². The molecule has 0 fully saturated rings. The Labute approximate surface area is 300 Å². The summed E-state index contributed by atoms with van der Waals surface area (Å²) in [6, 6.07) is 70.4. The van der Waals surface area contributed by atoms with Gasteiger partial charge in [-0.1, -0.05) is 109 Å². The first-order chi connectivity index (χ1) is 25.3. The van der Waals surface area contributed by atoms with Crippen LogP contribution in [0.15, 0.2) is 194 Å². The summed E-state index contributed by atoms with van der Waals surface area (Å²) >= 11 is 1.85. The molecule has 8 aromatic carbocycles. The van der Waals surface area contributed by atoms with Gasteiger partial charge in [0.2, 0.25) is 0 Å². The van der Waals surface area contributed by atoms with Crippen molar-refractivity contribution in [1.82, 2.24) is 4.57 Å². The molecule has 10 rings (SSSR count). The second-order valence-corrected chi connectivity index (χ2v) is 14.1. The molecule has 2 heterocycles. The van der Waals surface area contributed by atoms with E-state index in [1.807, 2.05) is 11.3 Å². The minimum atomic E-state index is 1.12. The number of aromatic nitrogens is 1. The minimum absolute atomic E-state index is 1.12. The number of rotatable bonds is 6. The molecule has 0 unspecified atom stereocenters. The smallest absolute Gasteiger partial charge is 0.0541 e. The van der Waals surface area contributed by atoms with E-state index in [-0.39, 0.29) is 0 Å². The second-order valence-electron chi connectivity index (χ2n) is 13.0. The lowest BCUT2D eigenvalue weighted by atomic mass is 9.97. The zero-order chi connectivity index (χ0) is 33.7. The summed E-state index contributed by atoms with van der Waals surface area (Å²) in [5.41, 5.74) is 11.8. The standard InChI is InChI=1S/C48H32N2S/c1-3-16-37(17-4-1)49(40-26-28-48-44(32-40)42-22-8-10-24-47(42)51-48)39-20-12-15-35(30-39)33-13-11-14-34(29-33)36-25-27-46-43(31-36)41-21-7-9-23-45(41)50(46)38-18-5-2-6-19-38/h1-32H. The van der Waals surface area contributed by atoms with Crippen LogP contribution in [0.2, 0.25) is 0 Å². The largest absolute Gasteiger partial charge is 0.310 e. The quantitative estimate of drug-likeness (QED) is 0.171. The third-order valence-electron chi connectivity index (χ3n) is 9.95. The van der Waals surface area contributed by atoms with E-state index in [0.717, 1.165) is 17.1 Å². The lowest BCUT2D eigenvalue weighted by Crippen LogP contribution is -2.09. The Morgan fingerprint density at radius 1 is 0.333 bits per heavy atom. The van der Waals surface area contributed by atoms with Crippen molar-refractivity contribution < 1.29 is 0 Å². The maximum atomic E-state index is 2.37. The van der Waals surface area contributed by atoms with E-state index in [1.54, 1.807) is 0 Å². The highest BCUT2D eigenvalue weighted by Gasteiger charge is 2.17. The monoisotopic (exact) mass is 668 g/mol. The predicted octanol–water partition coefficient (Wildman–Crippen LogP) is 14.0. The van der Waals surface area contributed by atoms with Crippen molar-refractivity contribution in [1.29, 1.82) is 0 Å². The van der Waals surface area contributed by atoms with E-state index < -0.39 is 0 Å². The number of nitrogens with zero attached hydrogens (tertiary/aromatic N) is 2. The van der Waals surface area contributed by atoms with Gasteiger partial charge in [0.15, 0.2) is 0 Å². The van der Waals surface area contributed by atoms with Crippen LogP contribution in [0.3, 0.4) is 0 Å². The first-order valence-electron chi connectivity index (χ1n) is 17.3. The fourth-order valence-corrected chi connectivity index (χ4v) is 8.67. The van der Waals surface area contributed by atoms with E-state index in [0.29, 0.717) is 0 Å². The Morgan fingerprint density at radius 2 is 0.922 bits per heavy atom. The van der Waals surface area contributed by atoms with Gasteiger partial charge < -0.3 is 9.47 Å². The number of fused-ring (bicyclic) bond motifs is 6. The highest BCUT2D eigenvalue weighted by Crippen LogP contribution is 2.42. The fourth-order valence-electron chi connectivity index (χ4n) is 7.59. The maximum Gasteiger partial charge on any atom is 0.0541 e. The van der Waals surface area contributed by atoms with Crippen LogP contribution in [0.25, 0.3) is 69.9 Å². The highest BCUT2D eigenvalue weighted by atomic mass is 32.1. The van der Waals surface area contributed by atoms with Crippen LogP contribution < -0.4 is 4.90 Å². The van der Waals surface area contributed by atoms with E-state index >= 15 is 0 Å². The van der Waals surface area contributed by atoms with Gasteiger partial charge in [0.25, 0.3) is 0 Å². The van der Waals surface area contributed by atoms with Gasteiger partial charge in [0, 0.05) is 53.7 Å². The molecule has 2 nitrogen and oxygen atoms in total. The van der Waals surface area contributed by atoms with Crippen LogP contribution in [0.1, 0.15) is 0 Å². The Bertz CT molecular complexity index is 2860. The van der Waals surface area contributed by atoms with Gasteiger partial charge in [-0.05, 0) is 107 Å². The topological polar surface area (TPSA) is 8.17 Å². The van der Waals surface area contributed by atoms with E-state index in [1.165, 1.54) is 69.9 Å². The van der Waals surface area contributed by atoms with Crippen LogP contribution in [0.4, 0.5) is 17.1 Å². The third-order valence-corrected chi connectivity index (χ3v) is 11.1. The van der Waals surface area contributed by atoms with Gasteiger partial charge in [-0.2, -0.15) is 0 Å². The van der Waals surface area contributed by atoms with Gasteiger partial charge in [0.05, 0.1) is 11.0 Å². The molecule has 0 saturated carbocycles. The number of hydrogen-bond acceptors (Lipinski definition) is 2. The zero-order valence-electron chi connectivity index (χ0n) is 27.8. The summed E-state index contributed by atoms with van der Waals surface area (Å²) in [5, 5.41) is 5.12. The molecular weight excluding hydrogens is 637 g/mol. The maximum absolute atomic E-state index is 2.37. The lowest BCUT2D eigenvalue weighted by Gasteiger charge is -2.26. The van der Waals surface area contributed by atoms with Gasteiger partial charge >= 0.3 is 0 Å². The number of hydrogen-bond donors (Lipinski definition) is 0. The van der Waals surface area contributed by atoms with Crippen molar-refractivity contribution in [3.63, 3.8) is 0 Å². The first kappa shape index (κ1) is 29.5. The summed E-state index contributed by atoms with van der Waals surface area (Å²) in [6.07, 6.45) is 0. The fraction of sp³-hybridized carbons (Fsp3) is 0. The SMILES string of the molecule is c1ccc(N(c2cccc(-c3cccc(-c4ccc5c(c4)c4ccccc4n5-c4ccccc4)c3)c2)c2ccc3sc4ccccc4c3c2)cc1. The van der Waals surface area contributed by atoms with Crippen molar-refractivity contribution in [2.75, 3.05) is 4.90 Å². The average molecular weight is 669 g/mol. The van der Waals surface area contributed by atoms with Crippen molar-refractivity contribution in [2.45, 2.75) is 0 Å². The third kappa shape index (κ3) is 5.10. The number of para-hydroxylation sites is 3. The van der Waals surface area contributed by atoms with Crippen molar-refractivity contribution in [3.8, 4) is 27.9 Å². The van der Waals surface area contributed by atoms with Crippen LogP contribution in [0.5, 0.6) is 0 Å². The summed E-state index contributed by atoms with van der Waals surface area (Å²) in [7, 11) is 0. The van der Waals surface area contributed by atoms with Crippen molar-refractivity contribution >= 4 is 70.4 Å². The van der Waals surface area contributed by atoms with Gasteiger partial charge in [0.1, 0.15) is 0 Å². The van der Waals surface area contributed by atoms with E-state index in [9.17, 15) is 0 Å². The summed E-state index contributed by atoms with van der Waals surface area (Å²) in [4.78, 5) is 2.37. The molecule has 0 aliphatic rings. The number of benzene rings is 8. The molecule has 0 N–H and O–H groups in total. The molecule has 0 amide bonds. The number of anilines is 3. The minimum Gasteiger partial charge on any atom is -0.310 e. The Morgan fingerprint density at radius 3 is 1.75 bits per heavy atom. The molecule has 0 aliphatic heterocycles. The average Bonchev–Trinajstić information content (AvgIpc) is 3.74. The van der Waals surface area contributed by atoms with E-state index in [4.69, 9.17) is 0 Å². The van der Waals surface area contributed by atoms with E-state index in [2.05, 4.69) is 204 Å². The van der Waals surface area contributed by atoms with Gasteiger partial charge in [-0.3, -0.25) is 0 Å². The van der Waals surface area contributed by atoms with Crippen molar-refractivity contribution in [2.24, 2.45) is 0 Å². The molecule has 0 radical (unpaired) electrons. The van der Waals surface area contributed by atoms with Crippen molar-refractivity contribution in [3.05, 3.63) is 194 Å². The van der Waals surface area contributed by atoms with Crippen LogP contribution in [-0.2, 0) is 0 Å². The first-order valence-corrected chi connectivity index (χ1v) is 18.2. The zero-order valence-corrected chi connectivity index (χ0v) is 28.6. The molecule has 0 saturated heterocycles. The molecule has 3 heteroatoms. The number of thiophene rings is 1. The molecule has 240 valence electrons. The van der Waals surface area contributed by atoms with Crippen LogP contribution >= 0.6 is 11.3 Å². The lowest BCUT2D eigenvalue weighted by molar-refractivity contribution is 1.18. The highest BCUT2D eigenvalue weighted by molar-refractivity contribution is 7.25. The molecule has 0 aliphatic carbocycles. The molecule has 0 bridgehead atoms.